The smallest absolute Gasteiger partial charge is 0.339 e. The van der Waals surface area contributed by atoms with Gasteiger partial charge in [-0.1, -0.05) is 33.6 Å². The Bertz CT molecular complexity index is 1610. The number of carbonyl (C=O) groups is 3. The van der Waals surface area contributed by atoms with Crippen LogP contribution in [0.3, 0.4) is 0 Å². The molecule has 188 valence electrons. The van der Waals surface area contributed by atoms with Gasteiger partial charge in [-0.05, 0) is 54.6 Å². The molecule has 1 aliphatic heterocycles. The molecule has 0 aromatic heterocycles. The zero-order valence-electron chi connectivity index (χ0n) is 18.3. The lowest BCUT2D eigenvalue weighted by atomic mass is 10.1. The van der Waals surface area contributed by atoms with E-state index in [0.717, 1.165) is 12.1 Å². The molecule has 0 aliphatic carbocycles. The van der Waals surface area contributed by atoms with E-state index in [9.17, 15) is 32.9 Å². The van der Waals surface area contributed by atoms with Gasteiger partial charge in [0.2, 0.25) is 0 Å². The normalized spacial score (nSPS) is 15.0. The van der Waals surface area contributed by atoms with E-state index in [1.807, 2.05) is 5.32 Å². The summed E-state index contributed by atoms with van der Waals surface area (Å²) in [4.78, 5) is 49.0. The van der Waals surface area contributed by atoms with Crippen LogP contribution in [-0.2, 0) is 19.7 Å². The number of amides is 4. The van der Waals surface area contributed by atoms with Gasteiger partial charge < -0.3 is 4.18 Å². The number of non-ortho nitro benzene ring substituents is 1. The van der Waals surface area contributed by atoms with Crippen LogP contribution in [0.4, 0.5) is 16.2 Å². The Labute approximate surface area is 222 Å². The molecule has 0 saturated carbocycles. The first kappa shape index (κ1) is 26.0. The summed E-state index contributed by atoms with van der Waals surface area (Å²) < 4.78 is 31.3. The molecule has 1 fully saturated rings. The molecular weight excluding hydrogens is 594 g/mol. The maximum atomic E-state index is 13.2. The first-order valence-corrected chi connectivity index (χ1v) is 12.7. The molecule has 3 aromatic rings. The van der Waals surface area contributed by atoms with Gasteiger partial charge in [-0.25, -0.2) is 9.69 Å². The van der Waals surface area contributed by atoms with E-state index in [0.29, 0.717) is 14.4 Å². The first-order chi connectivity index (χ1) is 17.5. The van der Waals surface area contributed by atoms with Crippen LogP contribution in [0.5, 0.6) is 5.75 Å². The Kier molecular flexibility index (Phi) is 7.12. The second-order valence-corrected chi connectivity index (χ2v) is 10.3. The van der Waals surface area contributed by atoms with Crippen molar-refractivity contribution in [3.63, 3.8) is 0 Å². The molecule has 0 atom stereocenters. The van der Waals surface area contributed by atoms with Gasteiger partial charge in [-0.3, -0.25) is 25.0 Å². The lowest BCUT2D eigenvalue weighted by Gasteiger charge is -2.26. The minimum atomic E-state index is -4.33. The van der Waals surface area contributed by atoms with Gasteiger partial charge in [0, 0.05) is 27.2 Å². The summed E-state index contributed by atoms with van der Waals surface area (Å²) in [5, 5.41) is 13.4. The quantitative estimate of drug-likeness (QED) is 0.142. The minimum Gasteiger partial charge on any atom is -0.378 e. The Balaban J connectivity index is 1.75. The van der Waals surface area contributed by atoms with Gasteiger partial charge in [0.05, 0.1) is 10.6 Å². The number of halogens is 2. The number of carbonyl (C=O) groups excluding carboxylic acids is 3. The van der Waals surface area contributed by atoms with Gasteiger partial charge in [0.1, 0.15) is 16.2 Å². The Morgan fingerprint density at radius 3 is 2.41 bits per heavy atom. The summed E-state index contributed by atoms with van der Waals surface area (Å²) in [6, 6.07) is 13.0. The second-order valence-electron chi connectivity index (χ2n) is 7.41. The Hall–Kier alpha value is -4.07. The third-order valence-electron chi connectivity index (χ3n) is 4.97. The number of urea groups is 1. The SMILES string of the molecule is O=C1NC(=O)N(c2cccc([N+](=O)[O-])c2)C(=O)/C1=C/c1cc(Br)ccc1OS(=O)(=O)c1ccc(Cl)cc1. The molecule has 37 heavy (non-hydrogen) atoms. The summed E-state index contributed by atoms with van der Waals surface area (Å²) in [5.74, 6) is -2.35. The van der Waals surface area contributed by atoms with Crippen molar-refractivity contribution in [3.8, 4) is 5.75 Å². The zero-order valence-corrected chi connectivity index (χ0v) is 21.4. The monoisotopic (exact) mass is 605 g/mol. The standard InChI is InChI=1S/C23H13BrClN3O8S/c24-14-4-9-20(36-37(34,35)18-7-5-15(25)6-8-18)13(10-14)11-19-21(29)26-23(31)27(22(19)30)16-2-1-3-17(12-16)28(32)33/h1-12H,(H,26,29,31)/b19-11+. The number of benzene rings is 3. The van der Waals surface area contributed by atoms with E-state index in [4.69, 9.17) is 15.8 Å². The summed E-state index contributed by atoms with van der Waals surface area (Å²) in [6.45, 7) is 0. The Morgan fingerprint density at radius 2 is 1.73 bits per heavy atom. The van der Waals surface area contributed by atoms with Crippen molar-refractivity contribution in [1.82, 2.24) is 5.32 Å². The number of hydrogen-bond acceptors (Lipinski definition) is 8. The predicted molar refractivity (Wildman–Crippen MR) is 136 cm³/mol. The summed E-state index contributed by atoms with van der Waals surface area (Å²) in [5.41, 5.74) is -1.06. The number of nitrogens with one attached hydrogen (secondary N) is 1. The van der Waals surface area contributed by atoms with Gasteiger partial charge in [0.15, 0.2) is 0 Å². The third-order valence-corrected chi connectivity index (χ3v) is 6.97. The molecule has 0 spiro atoms. The van der Waals surface area contributed by atoms with Crippen LogP contribution >= 0.6 is 27.5 Å². The maximum Gasteiger partial charge on any atom is 0.339 e. The molecule has 0 unspecified atom stereocenters. The van der Waals surface area contributed by atoms with Crippen LogP contribution in [0.15, 0.2) is 81.7 Å². The second kappa shape index (κ2) is 10.1. The van der Waals surface area contributed by atoms with Gasteiger partial charge >= 0.3 is 16.1 Å². The highest BCUT2D eigenvalue weighted by molar-refractivity contribution is 9.10. The van der Waals surface area contributed by atoms with E-state index >= 15 is 0 Å². The van der Waals surface area contributed by atoms with E-state index in [-0.39, 0.29) is 27.6 Å². The van der Waals surface area contributed by atoms with Crippen molar-refractivity contribution in [3.05, 3.63) is 97.5 Å². The van der Waals surface area contributed by atoms with Crippen LogP contribution in [0.2, 0.25) is 5.02 Å². The molecule has 3 aromatic carbocycles. The van der Waals surface area contributed by atoms with Crippen LogP contribution in [-0.4, -0.2) is 31.2 Å². The van der Waals surface area contributed by atoms with E-state index in [1.54, 1.807) is 0 Å². The van der Waals surface area contributed by atoms with Crippen LogP contribution in [0, 0.1) is 10.1 Å². The van der Waals surface area contributed by atoms with Gasteiger partial charge in [-0.15, -0.1) is 0 Å². The van der Waals surface area contributed by atoms with Crippen molar-refractivity contribution < 1.29 is 31.9 Å². The average molecular weight is 607 g/mol. The van der Waals surface area contributed by atoms with Crippen molar-refractivity contribution >= 4 is 72.9 Å². The van der Waals surface area contributed by atoms with E-state index < -0.39 is 38.5 Å². The van der Waals surface area contributed by atoms with E-state index in [2.05, 4.69) is 15.9 Å². The molecule has 4 rings (SSSR count). The van der Waals surface area contributed by atoms with Crippen LogP contribution < -0.4 is 14.4 Å². The Morgan fingerprint density at radius 1 is 1.03 bits per heavy atom. The highest BCUT2D eigenvalue weighted by atomic mass is 79.9. The summed E-state index contributed by atoms with van der Waals surface area (Å²) in [7, 11) is -4.33. The van der Waals surface area contributed by atoms with Crippen molar-refractivity contribution in [2.45, 2.75) is 4.90 Å². The predicted octanol–water partition coefficient (Wildman–Crippen LogP) is 4.44. The first-order valence-electron chi connectivity index (χ1n) is 10.1. The molecule has 11 nitrogen and oxygen atoms in total. The summed E-state index contributed by atoms with van der Waals surface area (Å²) >= 11 is 9.05. The number of anilines is 1. The zero-order chi connectivity index (χ0) is 26.9. The fraction of sp³-hybridized carbons (Fsp3) is 0. The fourth-order valence-corrected chi connectivity index (χ4v) is 4.73. The molecule has 1 saturated heterocycles. The lowest BCUT2D eigenvalue weighted by Crippen LogP contribution is -2.54. The maximum absolute atomic E-state index is 13.2. The van der Waals surface area contributed by atoms with Crippen LogP contribution in [0.1, 0.15) is 5.56 Å². The lowest BCUT2D eigenvalue weighted by molar-refractivity contribution is -0.384. The number of barbiturate groups is 1. The average Bonchev–Trinajstić information content (AvgIpc) is 2.83. The fourth-order valence-electron chi connectivity index (χ4n) is 3.27. The van der Waals surface area contributed by atoms with Gasteiger partial charge in [-0.2, -0.15) is 8.42 Å². The number of nitro benzene ring substituents is 1. The summed E-state index contributed by atoms with van der Waals surface area (Å²) in [6.07, 6.45) is 1.05. The van der Waals surface area contributed by atoms with Gasteiger partial charge in [0.25, 0.3) is 17.5 Å². The molecule has 14 heteroatoms. The largest absolute Gasteiger partial charge is 0.378 e. The van der Waals surface area contributed by atoms with Crippen molar-refractivity contribution in [1.29, 1.82) is 0 Å². The third kappa shape index (κ3) is 5.53. The van der Waals surface area contributed by atoms with Crippen molar-refractivity contribution in [2.75, 3.05) is 4.90 Å². The van der Waals surface area contributed by atoms with Crippen molar-refractivity contribution in [2.24, 2.45) is 0 Å². The molecule has 1 N–H and O–H groups in total. The van der Waals surface area contributed by atoms with Crippen LogP contribution in [0.25, 0.3) is 6.08 Å². The molecule has 0 radical (unpaired) electrons. The number of nitro groups is 1. The number of rotatable bonds is 6. The molecular formula is C23H13BrClN3O8S. The number of imide groups is 2. The molecule has 4 amide bonds. The highest BCUT2D eigenvalue weighted by Gasteiger charge is 2.37. The highest BCUT2D eigenvalue weighted by Crippen LogP contribution is 2.31. The molecule has 0 bridgehead atoms. The number of nitrogens with zero attached hydrogens (tertiary/aromatic N) is 2. The topological polar surface area (TPSA) is 153 Å². The van der Waals surface area contributed by atoms with E-state index in [1.165, 1.54) is 60.7 Å². The minimum absolute atomic E-state index is 0.0127. The molecule has 1 aliphatic rings. The molecule has 1 heterocycles. The number of hydrogen-bond donors (Lipinski definition) is 1.